The van der Waals surface area contributed by atoms with Crippen LogP contribution in [0.15, 0.2) is 42.5 Å². The molecule has 2 aromatic carbocycles. The molecule has 122 valence electrons. The highest BCUT2D eigenvalue weighted by Crippen LogP contribution is 2.32. The predicted molar refractivity (Wildman–Crippen MR) is 95.1 cm³/mol. The molecular formula is C17H13Cl2N3O2. The predicted octanol–water partition coefficient (Wildman–Crippen LogP) is 5.37. The van der Waals surface area contributed by atoms with E-state index >= 15 is 0 Å². The number of aromatic nitrogens is 2. The van der Waals surface area contributed by atoms with Gasteiger partial charge in [-0.2, -0.15) is 5.10 Å². The molecule has 1 heterocycles. The highest BCUT2D eigenvalue weighted by molar-refractivity contribution is 6.42. The van der Waals surface area contributed by atoms with Crippen LogP contribution in [0.25, 0.3) is 16.8 Å². The van der Waals surface area contributed by atoms with E-state index in [1.54, 1.807) is 28.9 Å². The van der Waals surface area contributed by atoms with Crippen molar-refractivity contribution in [3.05, 3.63) is 74.0 Å². The quantitative estimate of drug-likeness (QED) is 0.465. The van der Waals surface area contributed by atoms with E-state index in [1.165, 1.54) is 6.07 Å². The van der Waals surface area contributed by atoms with E-state index < -0.39 is 4.92 Å². The molecule has 0 aliphatic carbocycles. The van der Waals surface area contributed by atoms with Crippen molar-refractivity contribution in [3.8, 4) is 16.8 Å². The third-order valence-electron chi connectivity index (χ3n) is 3.78. The largest absolute Gasteiger partial charge is 0.270 e. The van der Waals surface area contributed by atoms with Gasteiger partial charge in [0.05, 0.1) is 26.3 Å². The van der Waals surface area contributed by atoms with Crippen molar-refractivity contribution in [2.24, 2.45) is 0 Å². The van der Waals surface area contributed by atoms with Crippen molar-refractivity contribution in [2.45, 2.75) is 13.8 Å². The van der Waals surface area contributed by atoms with E-state index in [0.717, 1.165) is 28.2 Å². The second-order valence-electron chi connectivity index (χ2n) is 5.36. The van der Waals surface area contributed by atoms with E-state index in [1.807, 2.05) is 26.0 Å². The second-order valence-corrected chi connectivity index (χ2v) is 6.18. The number of hydrogen-bond donors (Lipinski definition) is 0. The molecule has 0 atom stereocenters. The first kappa shape index (κ1) is 16.5. The maximum absolute atomic E-state index is 11.0. The Morgan fingerprint density at radius 2 is 1.83 bits per heavy atom. The molecule has 1 aromatic heterocycles. The number of halogens is 2. The second kappa shape index (κ2) is 6.26. The number of rotatable bonds is 3. The summed E-state index contributed by atoms with van der Waals surface area (Å²) in [5.74, 6) is 0. The minimum absolute atomic E-state index is 0.0496. The molecule has 0 unspecified atom stereocenters. The van der Waals surface area contributed by atoms with E-state index in [0.29, 0.717) is 10.0 Å². The first-order valence-electron chi connectivity index (χ1n) is 7.15. The first-order chi connectivity index (χ1) is 11.4. The van der Waals surface area contributed by atoms with Crippen LogP contribution in [0, 0.1) is 24.0 Å². The summed E-state index contributed by atoms with van der Waals surface area (Å²) in [4.78, 5) is 10.6. The Hall–Kier alpha value is -2.37. The van der Waals surface area contributed by atoms with Crippen molar-refractivity contribution < 1.29 is 4.92 Å². The number of nitro benzene ring substituents is 1. The average molecular weight is 362 g/mol. The summed E-state index contributed by atoms with van der Waals surface area (Å²) < 4.78 is 1.76. The van der Waals surface area contributed by atoms with Crippen LogP contribution in [0.2, 0.25) is 10.0 Å². The topological polar surface area (TPSA) is 61.0 Å². The molecular weight excluding hydrogens is 349 g/mol. The van der Waals surface area contributed by atoms with Crippen molar-refractivity contribution in [1.29, 1.82) is 0 Å². The third kappa shape index (κ3) is 2.88. The molecule has 0 saturated heterocycles. The third-order valence-corrected chi connectivity index (χ3v) is 4.52. The van der Waals surface area contributed by atoms with Crippen LogP contribution in [0.5, 0.6) is 0 Å². The number of nitrogens with zero attached hydrogens (tertiary/aromatic N) is 3. The average Bonchev–Trinajstić information content (AvgIpc) is 2.85. The molecule has 0 aliphatic heterocycles. The van der Waals surface area contributed by atoms with Gasteiger partial charge in [-0.15, -0.1) is 0 Å². The summed E-state index contributed by atoms with van der Waals surface area (Å²) in [7, 11) is 0. The molecule has 0 fully saturated rings. The zero-order valence-electron chi connectivity index (χ0n) is 13.0. The molecule has 24 heavy (non-hydrogen) atoms. The Kier molecular flexibility index (Phi) is 4.30. The lowest BCUT2D eigenvalue weighted by molar-refractivity contribution is -0.384. The molecule has 0 aliphatic rings. The summed E-state index contributed by atoms with van der Waals surface area (Å²) in [6.45, 7) is 3.78. The Bertz CT molecular complexity index is 951. The summed E-state index contributed by atoms with van der Waals surface area (Å²) >= 11 is 12.0. The van der Waals surface area contributed by atoms with Gasteiger partial charge in [0.2, 0.25) is 0 Å². The highest BCUT2D eigenvalue weighted by atomic mass is 35.5. The zero-order valence-corrected chi connectivity index (χ0v) is 14.5. The molecule has 0 saturated carbocycles. The Labute approximate surface area is 148 Å². The van der Waals surface area contributed by atoms with Gasteiger partial charge in [0, 0.05) is 23.4 Å². The molecule has 3 rings (SSSR count). The number of aryl methyl sites for hydroxylation is 1. The monoisotopic (exact) mass is 361 g/mol. The zero-order chi connectivity index (χ0) is 17.4. The number of benzene rings is 2. The van der Waals surface area contributed by atoms with Crippen LogP contribution in [0.4, 0.5) is 5.69 Å². The van der Waals surface area contributed by atoms with E-state index in [4.69, 9.17) is 23.2 Å². The van der Waals surface area contributed by atoms with Crippen LogP contribution in [0.3, 0.4) is 0 Å². The maximum Gasteiger partial charge on any atom is 0.270 e. The summed E-state index contributed by atoms with van der Waals surface area (Å²) in [5, 5.41) is 16.5. The van der Waals surface area contributed by atoms with E-state index in [9.17, 15) is 10.1 Å². The fraction of sp³-hybridized carbons (Fsp3) is 0.118. The molecule has 3 aromatic rings. The molecule has 0 radical (unpaired) electrons. The van der Waals surface area contributed by atoms with Crippen molar-refractivity contribution in [1.82, 2.24) is 9.78 Å². The van der Waals surface area contributed by atoms with Gasteiger partial charge in [-0.3, -0.25) is 10.1 Å². The van der Waals surface area contributed by atoms with Gasteiger partial charge in [-0.25, -0.2) is 4.68 Å². The van der Waals surface area contributed by atoms with Crippen LogP contribution in [-0.4, -0.2) is 14.7 Å². The molecule has 5 nitrogen and oxygen atoms in total. The smallest absolute Gasteiger partial charge is 0.258 e. The van der Waals surface area contributed by atoms with Crippen molar-refractivity contribution in [2.75, 3.05) is 0 Å². The van der Waals surface area contributed by atoms with Gasteiger partial charge in [0.25, 0.3) is 5.69 Å². The van der Waals surface area contributed by atoms with Crippen LogP contribution < -0.4 is 0 Å². The fourth-order valence-electron chi connectivity index (χ4n) is 2.70. The summed E-state index contributed by atoms with van der Waals surface area (Å²) in [5.41, 5.74) is 4.09. The Morgan fingerprint density at radius 3 is 2.50 bits per heavy atom. The summed E-state index contributed by atoms with van der Waals surface area (Å²) in [6, 6.07) is 11.8. The SMILES string of the molecule is Cc1nn(-c2ccc(Cl)c(Cl)c2)c(C)c1-c1cccc([N+](=O)[O-])c1. The van der Waals surface area contributed by atoms with Crippen LogP contribution in [-0.2, 0) is 0 Å². The number of nitro groups is 1. The van der Waals surface area contributed by atoms with E-state index in [2.05, 4.69) is 5.10 Å². The first-order valence-corrected chi connectivity index (χ1v) is 7.90. The van der Waals surface area contributed by atoms with E-state index in [-0.39, 0.29) is 5.69 Å². The molecule has 0 spiro atoms. The maximum atomic E-state index is 11.0. The molecule has 0 N–H and O–H groups in total. The van der Waals surface area contributed by atoms with Gasteiger partial charge in [-0.05, 0) is 37.6 Å². The minimum Gasteiger partial charge on any atom is -0.258 e. The molecule has 0 amide bonds. The lowest BCUT2D eigenvalue weighted by Gasteiger charge is -2.07. The Morgan fingerprint density at radius 1 is 1.08 bits per heavy atom. The number of non-ortho nitro benzene ring substituents is 1. The van der Waals surface area contributed by atoms with Crippen molar-refractivity contribution in [3.63, 3.8) is 0 Å². The van der Waals surface area contributed by atoms with Crippen molar-refractivity contribution >= 4 is 28.9 Å². The van der Waals surface area contributed by atoms with Gasteiger partial charge < -0.3 is 0 Å². The lowest BCUT2D eigenvalue weighted by atomic mass is 10.0. The van der Waals surface area contributed by atoms with Gasteiger partial charge in [0.1, 0.15) is 0 Å². The molecule has 0 bridgehead atoms. The van der Waals surface area contributed by atoms with Gasteiger partial charge in [0.15, 0.2) is 0 Å². The van der Waals surface area contributed by atoms with Crippen LogP contribution >= 0.6 is 23.2 Å². The van der Waals surface area contributed by atoms with Gasteiger partial charge >= 0.3 is 0 Å². The Balaban J connectivity index is 2.15. The standard InChI is InChI=1S/C17H13Cl2N3O2/c1-10-17(12-4-3-5-14(8-12)22(23)24)11(2)21(20-10)13-6-7-15(18)16(19)9-13/h3-9H,1-2H3. The number of hydrogen-bond acceptors (Lipinski definition) is 3. The van der Waals surface area contributed by atoms with Crippen LogP contribution in [0.1, 0.15) is 11.4 Å². The fourth-order valence-corrected chi connectivity index (χ4v) is 3.00. The molecule has 7 heteroatoms. The minimum atomic E-state index is -0.405. The lowest BCUT2D eigenvalue weighted by Crippen LogP contribution is -1.99. The van der Waals surface area contributed by atoms with Gasteiger partial charge in [-0.1, -0.05) is 35.3 Å². The normalized spacial score (nSPS) is 10.8. The summed E-state index contributed by atoms with van der Waals surface area (Å²) in [6.07, 6.45) is 0. The highest BCUT2D eigenvalue weighted by Gasteiger charge is 2.17.